The molecule has 2 aliphatic rings. The molecule has 0 saturated heterocycles. The van der Waals surface area contributed by atoms with Gasteiger partial charge in [0.1, 0.15) is 0 Å². The largest absolute Gasteiger partial charge is 0.393 e. The Bertz CT molecular complexity index is 160. The molecule has 1 nitrogen and oxygen atoms in total. The smallest absolute Gasteiger partial charge is 0.0605 e. The van der Waals surface area contributed by atoms with E-state index < -0.39 is 0 Å². The zero-order chi connectivity index (χ0) is 6.97. The summed E-state index contributed by atoms with van der Waals surface area (Å²) in [6.07, 6.45) is 8.20. The first kappa shape index (κ1) is 6.41. The van der Waals surface area contributed by atoms with E-state index in [-0.39, 0.29) is 6.10 Å². The third-order valence-electron chi connectivity index (χ3n) is 2.79. The maximum Gasteiger partial charge on any atom is 0.0605 e. The Hall–Kier alpha value is -0.300. The molecule has 2 atom stereocenters. The van der Waals surface area contributed by atoms with E-state index in [1.165, 1.54) is 25.7 Å². The predicted molar refractivity (Wildman–Crippen MR) is 40.7 cm³/mol. The van der Waals surface area contributed by atoms with Gasteiger partial charge in [0.15, 0.2) is 0 Å². The molecule has 2 rings (SSSR count). The molecule has 2 aliphatic carbocycles. The molecule has 0 heterocycles. The normalized spacial score (nSPS) is 39.1. The van der Waals surface area contributed by atoms with E-state index in [1.54, 1.807) is 5.57 Å². The van der Waals surface area contributed by atoms with Crippen LogP contribution < -0.4 is 0 Å². The Balaban J connectivity index is 2.13. The van der Waals surface area contributed by atoms with Crippen molar-refractivity contribution in [2.75, 3.05) is 0 Å². The van der Waals surface area contributed by atoms with Crippen molar-refractivity contribution in [1.82, 2.24) is 0 Å². The first-order chi connectivity index (χ1) is 4.88. The van der Waals surface area contributed by atoms with Crippen molar-refractivity contribution in [3.8, 4) is 0 Å². The highest BCUT2D eigenvalue weighted by atomic mass is 16.3. The number of hydrogen-bond acceptors (Lipinski definition) is 1. The Kier molecular flexibility index (Phi) is 1.53. The van der Waals surface area contributed by atoms with Gasteiger partial charge >= 0.3 is 0 Å². The molecule has 0 aromatic heterocycles. The highest BCUT2D eigenvalue weighted by molar-refractivity contribution is 5.16. The molecule has 0 unspecified atom stereocenters. The van der Waals surface area contributed by atoms with Crippen molar-refractivity contribution in [2.24, 2.45) is 5.92 Å². The minimum absolute atomic E-state index is 0.0116. The van der Waals surface area contributed by atoms with Gasteiger partial charge in [0.2, 0.25) is 0 Å². The Labute approximate surface area is 61.8 Å². The fourth-order valence-corrected chi connectivity index (χ4v) is 2.23. The fourth-order valence-electron chi connectivity index (χ4n) is 2.23. The second-order valence-corrected chi connectivity index (χ2v) is 3.42. The van der Waals surface area contributed by atoms with Crippen LogP contribution in [0.25, 0.3) is 0 Å². The van der Waals surface area contributed by atoms with E-state index >= 15 is 0 Å². The summed E-state index contributed by atoms with van der Waals surface area (Å²) < 4.78 is 0. The van der Waals surface area contributed by atoms with Crippen LogP contribution in [0.3, 0.4) is 0 Å². The molecule has 0 spiro atoms. The van der Waals surface area contributed by atoms with Gasteiger partial charge in [-0.05, 0) is 32.1 Å². The minimum atomic E-state index is -0.0116. The van der Waals surface area contributed by atoms with Crippen LogP contribution in [0.1, 0.15) is 32.1 Å². The molecular formula is C9H14O. The molecule has 1 saturated carbocycles. The molecule has 0 bridgehead atoms. The highest BCUT2D eigenvalue weighted by Gasteiger charge is 2.29. The van der Waals surface area contributed by atoms with E-state index in [1.807, 2.05) is 0 Å². The average molecular weight is 138 g/mol. The van der Waals surface area contributed by atoms with Gasteiger partial charge < -0.3 is 5.11 Å². The number of hydrogen-bond donors (Lipinski definition) is 1. The maximum absolute atomic E-state index is 9.54. The van der Waals surface area contributed by atoms with Crippen LogP contribution in [0, 0.1) is 5.92 Å². The molecule has 10 heavy (non-hydrogen) atoms. The van der Waals surface area contributed by atoms with Crippen molar-refractivity contribution < 1.29 is 5.11 Å². The Morgan fingerprint density at radius 3 is 3.10 bits per heavy atom. The summed E-state index contributed by atoms with van der Waals surface area (Å²) in [6, 6.07) is 0. The molecule has 0 amide bonds. The van der Waals surface area contributed by atoms with Crippen LogP contribution in [0.4, 0.5) is 0 Å². The summed E-state index contributed by atoms with van der Waals surface area (Å²) in [5, 5.41) is 9.54. The first-order valence-corrected chi connectivity index (χ1v) is 4.25. The van der Waals surface area contributed by atoms with E-state index in [0.717, 1.165) is 6.42 Å². The molecule has 56 valence electrons. The van der Waals surface area contributed by atoms with E-state index in [2.05, 4.69) is 6.08 Å². The predicted octanol–water partition coefficient (Wildman–Crippen LogP) is 1.87. The van der Waals surface area contributed by atoms with Gasteiger partial charge in [0.25, 0.3) is 0 Å². The molecule has 0 radical (unpaired) electrons. The lowest BCUT2D eigenvalue weighted by Gasteiger charge is -2.26. The minimum Gasteiger partial charge on any atom is -0.393 e. The third-order valence-corrected chi connectivity index (χ3v) is 2.79. The fraction of sp³-hybridized carbons (Fsp3) is 0.778. The maximum atomic E-state index is 9.54. The SMILES string of the molecule is O[C@@H]1CCCC2=CCC[C@@H]21. The van der Waals surface area contributed by atoms with Crippen LogP contribution in [0.5, 0.6) is 0 Å². The van der Waals surface area contributed by atoms with Gasteiger partial charge in [-0.15, -0.1) is 0 Å². The zero-order valence-corrected chi connectivity index (χ0v) is 6.21. The Morgan fingerprint density at radius 2 is 2.30 bits per heavy atom. The van der Waals surface area contributed by atoms with Gasteiger partial charge in [-0.1, -0.05) is 11.6 Å². The highest BCUT2D eigenvalue weighted by Crippen LogP contribution is 2.37. The molecule has 0 aromatic rings. The lowest BCUT2D eigenvalue weighted by atomic mass is 9.84. The quantitative estimate of drug-likeness (QED) is 0.507. The number of fused-ring (bicyclic) bond motifs is 1. The van der Waals surface area contributed by atoms with Crippen molar-refractivity contribution in [3.05, 3.63) is 11.6 Å². The molecule has 0 aromatic carbocycles. The summed E-state index contributed by atoms with van der Waals surface area (Å²) in [5.41, 5.74) is 1.54. The van der Waals surface area contributed by atoms with Gasteiger partial charge in [0, 0.05) is 5.92 Å². The van der Waals surface area contributed by atoms with Gasteiger partial charge in [-0.25, -0.2) is 0 Å². The summed E-state index contributed by atoms with van der Waals surface area (Å²) in [7, 11) is 0. The molecule has 1 heteroatoms. The number of allylic oxidation sites excluding steroid dienone is 1. The van der Waals surface area contributed by atoms with Crippen LogP contribution in [-0.4, -0.2) is 11.2 Å². The molecule has 0 aliphatic heterocycles. The van der Waals surface area contributed by atoms with Crippen LogP contribution in [-0.2, 0) is 0 Å². The topological polar surface area (TPSA) is 20.2 Å². The zero-order valence-electron chi connectivity index (χ0n) is 6.21. The monoisotopic (exact) mass is 138 g/mol. The van der Waals surface area contributed by atoms with Crippen LogP contribution in [0.2, 0.25) is 0 Å². The second-order valence-electron chi connectivity index (χ2n) is 3.42. The van der Waals surface area contributed by atoms with Gasteiger partial charge in [-0.2, -0.15) is 0 Å². The molecular weight excluding hydrogens is 124 g/mol. The summed E-state index contributed by atoms with van der Waals surface area (Å²) in [5.74, 6) is 0.550. The van der Waals surface area contributed by atoms with Crippen molar-refractivity contribution >= 4 is 0 Å². The van der Waals surface area contributed by atoms with Crippen molar-refractivity contribution in [2.45, 2.75) is 38.2 Å². The summed E-state index contributed by atoms with van der Waals surface area (Å²) >= 11 is 0. The first-order valence-electron chi connectivity index (χ1n) is 4.25. The van der Waals surface area contributed by atoms with Gasteiger partial charge in [0.05, 0.1) is 6.10 Å². The van der Waals surface area contributed by atoms with Crippen molar-refractivity contribution in [3.63, 3.8) is 0 Å². The van der Waals surface area contributed by atoms with E-state index in [0.29, 0.717) is 5.92 Å². The third kappa shape index (κ3) is 0.891. The van der Waals surface area contributed by atoms with Crippen LogP contribution in [0.15, 0.2) is 11.6 Å². The second kappa shape index (κ2) is 2.39. The van der Waals surface area contributed by atoms with Crippen molar-refractivity contribution in [1.29, 1.82) is 0 Å². The lowest BCUT2D eigenvalue weighted by molar-refractivity contribution is 0.0988. The van der Waals surface area contributed by atoms with Crippen LogP contribution >= 0.6 is 0 Å². The average Bonchev–Trinajstić information content (AvgIpc) is 2.36. The van der Waals surface area contributed by atoms with Gasteiger partial charge in [-0.3, -0.25) is 0 Å². The number of aliphatic hydroxyl groups is 1. The summed E-state index contributed by atoms with van der Waals surface area (Å²) in [6.45, 7) is 0. The van der Waals surface area contributed by atoms with E-state index in [4.69, 9.17) is 0 Å². The molecule has 1 fully saturated rings. The lowest BCUT2D eigenvalue weighted by Crippen LogP contribution is -2.23. The van der Waals surface area contributed by atoms with E-state index in [9.17, 15) is 5.11 Å². The standard InChI is InChI=1S/C9H14O/c10-9-6-2-4-7-3-1-5-8(7)9/h3,8-10H,1-2,4-6H2/t8-,9+/m0/s1. The Morgan fingerprint density at radius 1 is 1.40 bits per heavy atom. The number of rotatable bonds is 0. The number of aliphatic hydroxyl groups excluding tert-OH is 1. The summed E-state index contributed by atoms with van der Waals surface area (Å²) in [4.78, 5) is 0. The molecule has 1 N–H and O–H groups in total.